The van der Waals surface area contributed by atoms with Crippen molar-refractivity contribution in [2.75, 3.05) is 0 Å². The van der Waals surface area contributed by atoms with Crippen molar-refractivity contribution in [2.24, 2.45) is 0 Å². The van der Waals surface area contributed by atoms with E-state index in [4.69, 9.17) is 30.9 Å². The largest absolute Gasteiger partial charge is 0.488 e. The van der Waals surface area contributed by atoms with E-state index in [-0.39, 0.29) is 0 Å². The van der Waals surface area contributed by atoms with Crippen LogP contribution in [0.25, 0.3) is 209 Å². The van der Waals surface area contributed by atoms with Gasteiger partial charge in [-0.05, 0) is 213 Å². The van der Waals surface area contributed by atoms with Gasteiger partial charge >= 0.3 is 7.12 Å². The second-order valence-corrected chi connectivity index (χ2v) is 27.7. The van der Waals surface area contributed by atoms with Gasteiger partial charge in [0.15, 0.2) is 22.3 Å². The van der Waals surface area contributed by atoms with Crippen LogP contribution in [0, 0.1) is 0 Å². The Hall–Kier alpha value is -12.2. The lowest BCUT2D eigenvalue weighted by Crippen LogP contribution is -2.29. The topological polar surface area (TPSA) is 132 Å². The second-order valence-electron chi connectivity index (χ2n) is 25.8. The number of halogens is 2. The molecule has 0 atom stereocenters. The van der Waals surface area contributed by atoms with Crippen LogP contribution in [0.5, 0.6) is 0 Å². The predicted octanol–water partition coefficient (Wildman–Crippen LogP) is 25.9. The van der Waals surface area contributed by atoms with Crippen LogP contribution >= 0.6 is 31.9 Å². The van der Waals surface area contributed by atoms with Gasteiger partial charge in [0.2, 0.25) is 0 Å². The first-order valence-electron chi connectivity index (χ1n) is 33.5. The summed E-state index contributed by atoms with van der Waals surface area (Å²) in [6.07, 6.45) is 0. The fraction of sp³-hybridized carbons (Fsp3) is 0. The zero-order chi connectivity index (χ0) is 67.8. The normalized spacial score (nSPS) is 11.9. The molecule has 9 nitrogen and oxygen atoms in total. The third-order valence-electron chi connectivity index (χ3n) is 19.8. The molecule has 0 fully saturated rings. The van der Waals surface area contributed by atoms with Crippen LogP contribution < -0.4 is 5.46 Å². The number of hydrogen-bond acceptors (Lipinski definition) is 9. The molecule has 0 saturated heterocycles. The summed E-state index contributed by atoms with van der Waals surface area (Å²) >= 11 is 7.04. The quantitative estimate of drug-likeness (QED) is 0.156. The van der Waals surface area contributed by atoms with Crippen LogP contribution in [0.4, 0.5) is 0 Å². The molecule has 0 radical (unpaired) electrons. The van der Waals surface area contributed by atoms with Gasteiger partial charge in [0.25, 0.3) is 0 Å². The minimum Gasteiger partial charge on any atom is -0.456 e. The molecule has 15 aromatic carbocycles. The number of fused-ring (bicyclic) bond motifs is 23. The lowest BCUT2D eigenvalue weighted by Gasteiger charge is -2.03. The van der Waals surface area contributed by atoms with Crippen molar-refractivity contribution in [3.05, 3.63) is 306 Å². The molecule has 0 saturated carbocycles. The Kier molecular flexibility index (Phi) is 13.9. The van der Waals surface area contributed by atoms with Gasteiger partial charge in [0, 0.05) is 84.4 Å². The summed E-state index contributed by atoms with van der Waals surface area (Å²) in [5.41, 5.74) is 23.4. The number of hydrogen-bond donors (Lipinski definition) is 2. The van der Waals surface area contributed by atoms with E-state index >= 15 is 0 Å². The molecule has 22 rings (SSSR count). The SMILES string of the molecule is Brc1ccc2oc3c(ccc4c5cc(Br)ccc5oc43)c2c1.OB(O)c1ccc2oc3ccc(-c4ccccc4)cc3c2c1.c1ccc(-c2ccc3oc4ccc(-c5ccc6oc7c(ccc8c9cc(-c%10ccc%11oc%12ccc(-c%13ccccc%13)cc%12c%11c%10)ccc9oc87)c6c5)cc4c3c2)cc1. The maximum Gasteiger partial charge on any atom is 0.488 e. The zero-order valence-corrected chi connectivity index (χ0v) is 57.0. The van der Waals surface area contributed by atoms with E-state index in [1.54, 1.807) is 18.2 Å². The molecule has 7 aromatic heterocycles. The highest BCUT2D eigenvalue weighted by molar-refractivity contribution is 9.10. The molecule has 22 aromatic rings. The molecule has 0 aliphatic heterocycles. The van der Waals surface area contributed by atoms with Crippen LogP contribution in [0.1, 0.15) is 0 Å². The first kappa shape index (κ1) is 59.9. The van der Waals surface area contributed by atoms with Crippen molar-refractivity contribution in [3.63, 3.8) is 0 Å². The Labute approximate surface area is 596 Å². The maximum absolute atomic E-state index is 9.35. The van der Waals surface area contributed by atoms with Crippen molar-refractivity contribution in [3.8, 4) is 55.6 Å². The summed E-state index contributed by atoms with van der Waals surface area (Å²) in [6.45, 7) is 0. The van der Waals surface area contributed by atoms with Crippen LogP contribution in [0.3, 0.4) is 0 Å². The highest BCUT2D eigenvalue weighted by Crippen LogP contribution is 2.45. The molecular weight excluding hydrogens is 1400 g/mol. The van der Waals surface area contributed by atoms with Gasteiger partial charge in [-0.1, -0.05) is 177 Å². The molecule has 0 unspecified atom stereocenters. The molecule has 12 heteroatoms. The lowest BCUT2D eigenvalue weighted by molar-refractivity contribution is 0.426. The molecule has 0 spiro atoms. The minimum absolute atomic E-state index is 0.459. The van der Waals surface area contributed by atoms with Crippen molar-refractivity contribution < 1.29 is 41.0 Å². The zero-order valence-electron chi connectivity index (χ0n) is 53.9. The van der Waals surface area contributed by atoms with Crippen LogP contribution in [0.2, 0.25) is 0 Å². The van der Waals surface area contributed by atoms with E-state index in [1.165, 1.54) is 22.3 Å². The smallest absolute Gasteiger partial charge is 0.456 e. The van der Waals surface area contributed by atoms with E-state index < -0.39 is 7.12 Å². The summed E-state index contributed by atoms with van der Waals surface area (Å²) in [4.78, 5) is 0. The van der Waals surface area contributed by atoms with E-state index in [0.29, 0.717) is 5.46 Å². The molecule has 482 valence electrons. The predicted molar refractivity (Wildman–Crippen MR) is 423 cm³/mol. The Morgan fingerprint density at radius 3 is 0.676 bits per heavy atom. The molecule has 0 amide bonds. The van der Waals surface area contributed by atoms with Gasteiger partial charge in [-0.3, -0.25) is 0 Å². The van der Waals surface area contributed by atoms with Crippen LogP contribution in [-0.2, 0) is 0 Å². The van der Waals surface area contributed by atoms with E-state index in [2.05, 4.69) is 244 Å². The van der Waals surface area contributed by atoms with E-state index in [1.807, 2.05) is 66.7 Å². The summed E-state index contributed by atoms with van der Waals surface area (Å²) in [7, 11) is -1.48. The molecular formula is C90H51BBr2O9. The maximum atomic E-state index is 9.35. The first-order chi connectivity index (χ1) is 50.1. The second kappa shape index (κ2) is 23.8. The fourth-order valence-corrected chi connectivity index (χ4v) is 15.5. The van der Waals surface area contributed by atoms with Gasteiger partial charge in [-0.25, -0.2) is 0 Å². The Morgan fingerprint density at radius 2 is 0.402 bits per heavy atom. The Bertz CT molecular complexity index is 6790. The van der Waals surface area contributed by atoms with Crippen LogP contribution in [0.15, 0.2) is 337 Å². The molecule has 0 aliphatic carbocycles. The van der Waals surface area contributed by atoms with Crippen molar-refractivity contribution in [1.82, 2.24) is 0 Å². The van der Waals surface area contributed by atoms with Crippen LogP contribution in [-0.4, -0.2) is 17.2 Å². The molecule has 0 aliphatic rings. The average molecular weight is 1450 g/mol. The van der Waals surface area contributed by atoms with E-state index in [0.717, 1.165) is 196 Å². The van der Waals surface area contributed by atoms with Crippen molar-refractivity contribution in [2.45, 2.75) is 0 Å². The van der Waals surface area contributed by atoms with E-state index in [9.17, 15) is 10.0 Å². The third kappa shape index (κ3) is 10.1. The van der Waals surface area contributed by atoms with Gasteiger partial charge < -0.3 is 41.0 Å². The van der Waals surface area contributed by atoms with Gasteiger partial charge in [0.05, 0.1) is 0 Å². The first-order valence-corrected chi connectivity index (χ1v) is 35.1. The number of benzene rings is 15. The van der Waals surface area contributed by atoms with Gasteiger partial charge in [-0.2, -0.15) is 0 Å². The molecule has 2 N–H and O–H groups in total. The average Bonchev–Trinajstić information content (AvgIpc) is 1.59. The summed E-state index contributed by atoms with van der Waals surface area (Å²) in [5.74, 6) is 0. The summed E-state index contributed by atoms with van der Waals surface area (Å²) in [6, 6.07) is 102. The Morgan fingerprint density at radius 1 is 0.186 bits per heavy atom. The van der Waals surface area contributed by atoms with Gasteiger partial charge in [0.1, 0.15) is 55.8 Å². The minimum atomic E-state index is -1.48. The molecule has 102 heavy (non-hydrogen) atoms. The Balaban J connectivity index is 0.000000128. The fourth-order valence-electron chi connectivity index (χ4n) is 14.7. The highest BCUT2D eigenvalue weighted by atomic mass is 79.9. The van der Waals surface area contributed by atoms with Gasteiger partial charge in [-0.15, -0.1) is 0 Å². The number of rotatable bonds is 6. The molecule has 7 heterocycles. The lowest BCUT2D eigenvalue weighted by atomic mass is 9.80. The number of furan rings is 7. The monoisotopic (exact) mass is 1440 g/mol. The van der Waals surface area contributed by atoms with Crippen molar-refractivity contribution >= 4 is 198 Å². The summed E-state index contributed by atoms with van der Waals surface area (Å²) in [5, 5.41) is 33.4. The molecule has 0 bridgehead atoms. The third-order valence-corrected chi connectivity index (χ3v) is 20.8. The highest BCUT2D eigenvalue weighted by Gasteiger charge is 2.22. The summed E-state index contributed by atoms with van der Waals surface area (Å²) < 4.78 is 45.7. The van der Waals surface area contributed by atoms with Crippen molar-refractivity contribution in [1.29, 1.82) is 0 Å². The standard InChI is InChI=1S/C54H30O4.C18H13BO3.C18H8Br2O2/c1-3-7-31(8-4-1)33-11-19-47-43(25-33)45-29-37(13-21-49(45)55-47)35-15-23-51-41(27-35)39-17-18-40-42-28-36(16-24-52(42)58-54(40)53(39)57-51)38-14-22-50-46(30-38)44-26-34(12-20-48(44)56-50)32-9-5-2-6-10-32;20-19(21)14-7-9-18-16(11-14)15-10-13(6-8-17(15)22-18)12-4-2-1-3-5-12;19-9-1-5-15-13(7-9)11-3-4-12-14-8-10(20)2-6-16(14)22-18(12)17(11)21-15/h1-30H;1-11,20-21H;1-8H.